The number of rotatable bonds is 6. The first kappa shape index (κ1) is 22.4. The number of aryl methyl sites for hydroxylation is 1. The lowest BCUT2D eigenvalue weighted by molar-refractivity contribution is 0.461. The van der Waals surface area contributed by atoms with Crippen LogP contribution in [0.1, 0.15) is 31.0 Å². The molecule has 0 radical (unpaired) electrons. The van der Waals surface area contributed by atoms with Crippen LogP contribution in [0.4, 0.5) is 8.78 Å². The summed E-state index contributed by atoms with van der Waals surface area (Å²) in [5.41, 5.74) is 1.92. The molecule has 0 fully saturated rings. The van der Waals surface area contributed by atoms with Crippen molar-refractivity contribution in [2.75, 3.05) is 20.1 Å². The topological polar surface area (TPSA) is 32.6 Å². The lowest BCUT2D eigenvalue weighted by Gasteiger charge is -2.23. The normalized spacial score (nSPS) is 12.5. The highest BCUT2D eigenvalue weighted by atomic mass is 127. The Balaban J connectivity index is 0.00000338. The number of guanidine groups is 1. The van der Waals surface area contributed by atoms with Crippen LogP contribution < -0.4 is 5.32 Å². The first-order chi connectivity index (χ1) is 11.9. The summed E-state index contributed by atoms with van der Waals surface area (Å²) in [4.78, 5) is 6.71. The molecule has 1 N–H and O–H groups in total. The second kappa shape index (κ2) is 10.5. The Hall–Kier alpha value is -1.64. The molecule has 1 aromatic heterocycles. The highest BCUT2D eigenvalue weighted by molar-refractivity contribution is 14.0. The lowest BCUT2D eigenvalue weighted by atomic mass is 10.0. The largest absolute Gasteiger partial charge is 0.357 e. The third kappa shape index (κ3) is 5.96. The summed E-state index contributed by atoms with van der Waals surface area (Å²) >= 11 is 0. The van der Waals surface area contributed by atoms with Gasteiger partial charge in [-0.3, -0.25) is 4.99 Å². The monoisotopic (exact) mass is 476 g/mol. The van der Waals surface area contributed by atoms with Crippen LogP contribution in [-0.4, -0.2) is 35.6 Å². The number of nitrogens with zero attached hydrogens (tertiary/aromatic N) is 3. The average molecular weight is 476 g/mol. The molecule has 0 aliphatic heterocycles. The number of hydrogen-bond donors (Lipinski definition) is 1. The summed E-state index contributed by atoms with van der Waals surface area (Å²) in [7, 11) is 4.00. The fraction of sp³-hybridized carbons (Fsp3) is 0.421. The molecule has 0 aliphatic carbocycles. The molecule has 1 atom stereocenters. The van der Waals surface area contributed by atoms with Crippen molar-refractivity contribution in [2.45, 2.75) is 26.3 Å². The van der Waals surface area contributed by atoms with Gasteiger partial charge >= 0.3 is 0 Å². The molecule has 7 heteroatoms. The van der Waals surface area contributed by atoms with Gasteiger partial charge in [0.05, 0.1) is 6.54 Å². The molecule has 0 bridgehead atoms. The fourth-order valence-corrected chi connectivity index (χ4v) is 2.60. The van der Waals surface area contributed by atoms with E-state index >= 15 is 0 Å². The fourth-order valence-electron chi connectivity index (χ4n) is 2.60. The predicted molar refractivity (Wildman–Crippen MR) is 113 cm³/mol. The van der Waals surface area contributed by atoms with E-state index in [-0.39, 0.29) is 29.9 Å². The van der Waals surface area contributed by atoms with Gasteiger partial charge in [-0.05, 0) is 36.8 Å². The van der Waals surface area contributed by atoms with Crippen LogP contribution in [0.3, 0.4) is 0 Å². The zero-order chi connectivity index (χ0) is 18.4. The van der Waals surface area contributed by atoms with Gasteiger partial charge in [0.25, 0.3) is 0 Å². The van der Waals surface area contributed by atoms with E-state index in [4.69, 9.17) is 0 Å². The lowest BCUT2D eigenvalue weighted by Crippen LogP contribution is -2.39. The standard InChI is InChI=1S/C19H26F2N4.HI/c1-5-22-19(25(4)13-16-7-6-10-24(16)3)23-12-14(2)15-8-9-17(20)18(21)11-15;/h6-11,14H,5,12-13H2,1-4H3,(H,22,23);1H. The maximum absolute atomic E-state index is 13.4. The summed E-state index contributed by atoms with van der Waals surface area (Å²) in [6.45, 7) is 5.96. The predicted octanol–water partition coefficient (Wildman–Crippen LogP) is 4.12. The Morgan fingerprint density at radius 1 is 1.27 bits per heavy atom. The third-order valence-electron chi connectivity index (χ3n) is 4.17. The van der Waals surface area contributed by atoms with Crippen molar-refractivity contribution in [3.8, 4) is 0 Å². The molecule has 0 amide bonds. The van der Waals surface area contributed by atoms with Crippen molar-refractivity contribution in [1.29, 1.82) is 0 Å². The minimum absolute atomic E-state index is 0. The molecule has 2 rings (SSSR count). The highest BCUT2D eigenvalue weighted by Gasteiger charge is 2.12. The molecule has 0 spiro atoms. The van der Waals surface area contributed by atoms with Crippen molar-refractivity contribution in [2.24, 2.45) is 12.0 Å². The van der Waals surface area contributed by atoms with Crippen molar-refractivity contribution in [1.82, 2.24) is 14.8 Å². The Labute approximate surface area is 171 Å². The van der Waals surface area contributed by atoms with E-state index in [9.17, 15) is 8.78 Å². The second-order valence-corrected chi connectivity index (χ2v) is 6.24. The summed E-state index contributed by atoms with van der Waals surface area (Å²) < 4.78 is 28.6. The van der Waals surface area contributed by atoms with Gasteiger partial charge in [0.2, 0.25) is 0 Å². The van der Waals surface area contributed by atoms with Crippen molar-refractivity contribution >= 4 is 29.9 Å². The zero-order valence-corrected chi connectivity index (χ0v) is 18.0. The first-order valence-electron chi connectivity index (χ1n) is 8.47. The van der Waals surface area contributed by atoms with Crippen LogP contribution >= 0.6 is 24.0 Å². The number of aliphatic imine (C=N–C) groups is 1. The maximum Gasteiger partial charge on any atom is 0.194 e. The zero-order valence-electron chi connectivity index (χ0n) is 15.7. The third-order valence-corrected chi connectivity index (χ3v) is 4.17. The quantitative estimate of drug-likeness (QED) is 0.387. The first-order valence-corrected chi connectivity index (χ1v) is 8.47. The van der Waals surface area contributed by atoms with Gasteiger partial charge < -0.3 is 14.8 Å². The van der Waals surface area contributed by atoms with Crippen LogP contribution in [-0.2, 0) is 13.6 Å². The maximum atomic E-state index is 13.4. The van der Waals surface area contributed by atoms with Gasteiger partial charge in [0.15, 0.2) is 17.6 Å². The minimum atomic E-state index is -0.824. The van der Waals surface area contributed by atoms with Gasteiger partial charge in [0, 0.05) is 45.0 Å². The van der Waals surface area contributed by atoms with E-state index in [0.717, 1.165) is 30.7 Å². The minimum Gasteiger partial charge on any atom is -0.357 e. The number of nitrogens with one attached hydrogen (secondary N) is 1. The van der Waals surface area contributed by atoms with E-state index < -0.39 is 11.6 Å². The van der Waals surface area contributed by atoms with Crippen molar-refractivity contribution in [3.63, 3.8) is 0 Å². The Kier molecular flexibility index (Phi) is 9.04. The van der Waals surface area contributed by atoms with E-state index in [1.807, 2.05) is 40.2 Å². The molecular weight excluding hydrogens is 449 g/mol. The van der Waals surface area contributed by atoms with E-state index in [2.05, 4.69) is 25.8 Å². The summed E-state index contributed by atoms with van der Waals surface area (Å²) in [5, 5.41) is 3.27. The van der Waals surface area contributed by atoms with E-state index in [1.165, 1.54) is 11.8 Å². The molecule has 1 heterocycles. The second-order valence-electron chi connectivity index (χ2n) is 6.24. The Morgan fingerprint density at radius 3 is 2.58 bits per heavy atom. The Bertz CT molecular complexity index is 730. The molecule has 1 aromatic carbocycles. The number of hydrogen-bond acceptors (Lipinski definition) is 1. The van der Waals surface area contributed by atoms with Crippen LogP contribution in [0.5, 0.6) is 0 Å². The van der Waals surface area contributed by atoms with Crippen LogP contribution in [0.15, 0.2) is 41.5 Å². The summed E-state index contributed by atoms with van der Waals surface area (Å²) in [6, 6.07) is 8.11. The van der Waals surface area contributed by atoms with Crippen LogP contribution in [0.2, 0.25) is 0 Å². The summed E-state index contributed by atoms with van der Waals surface area (Å²) in [5.74, 6) is -0.860. The van der Waals surface area contributed by atoms with Gasteiger partial charge in [-0.15, -0.1) is 24.0 Å². The molecule has 2 aromatic rings. The van der Waals surface area contributed by atoms with Crippen molar-refractivity contribution in [3.05, 3.63) is 59.4 Å². The van der Waals surface area contributed by atoms with Gasteiger partial charge in [0.1, 0.15) is 0 Å². The number of benzene rings is 1. The Morgan fingerprint density at radius 2 is 2.00 bits per heavy atom. The van der Waals surface area contributed by atoms with Crippen LogP contribution in [0.25, 0.3) is 0 Å². The smallest absolute Gasteiger partial charge is 0.194 e. The van der Waals surface area contributed by atoms with Gasteiger partial charge in [-0.25, -0.2) is 8.78 Å². The SMILES string of the molecule is CCNC(=NCC(C)c1ccc(F)c(F)c1)N(C)Cc1cccn1C.I. The number of aromatic nitrogens is 1. The van der Waals surface area contributed by atoms with Gasteiger partial charge in [-0.2, -0.15) is 0 Å². The number of halogens is 3. The van der Waals surface area contributed by atoms with Crippen molar-refractivity contribution < 1.29 is 8.78 Å². The molecule has 0 saturated heterocycles. The molecule has 1 unspecified atom stereocenters. The molecule has 0 saturated carbocycles. The van der Waals surface area contributed by atoms with Crippen LogP contribution in [0, 0.1) is 11.6 Å². The molecule has 26 heavy (non-hydrogen) atoms. The van der Waals surface area contributed by atoms with E-state index in [0.29, 0.717) is 6.54 Å². The highest BCUT2D eigenvalue weighted by Crippen LogP contribution is 2.18. The van der Waals surface area contributed by atoms with E-state index in [1.54, 1.807) is 6.07 Å². The molecule has 4 nitrogen and oxygen atoms in total. The molecular formula is C19H27F2IN4. The summed E-state index contributed by atoms with van der Waals surface area (Å²) in [6.07, 6.45) is 2.01. The van der Waals surface area contributed by atoms with Gasteiger partial charge in [-0.1, -0.05) is 13.0 Å². The molecule has 0 aliphatic rings. The average Bonchev–Trinajstić information content (AvgIpc) is 2.98. The molecule has 144 valence electrons.